The molecule has 0 unspecified atom stereocenters. The minimum absolute atomic E-state index is 0. The molecule has 2 N–H and O–H groups in total. The Balaban J connectivity index is 0.00000171. The summed E-state index contributed by atoms with van der Waals surface area (Å²) in [5.74, 6) is 0.517. The quantitative estimate of drug-likeness (QED) is 0.668. The number of carbonyl (C=O) groups excluding carboxylic acids is 1. The Hall–Kier alpha value is -1.65. The second-order valence-corrected chi connectivity index (χ2v) is 9.91. The van der Waals surface area contributed by atoms with Crippen LogP contribution in [0.2, 0.25) is 5.02 Å². The maximum absolute atomic E-state index is 12.7. The number of halogens is 3. The van der Waals surface area contributed by atoms with Gasteiger partial charge in [0.15, 0.2) is 9.84 Å². The zero-order valence-corrected chi connectivity index (χ0v) is 19.8. The van der Waals surface area contributed by atoms with Crippen LogP contribution in [0.15, 0.2) is 30.6 Å². The number of fused-ring (bicyclic) bond motifs is 1. The number of carbonyl (C=O) groups is 1. The molecule has 2 aliphatic heterocycles. The summed E-state index contributed by atoms with van der Waals surface area (Å²) in [7, 11) is -3.15. The topological polar surface area (TPSA) is 109 Å². The first-order chi connectivity index (χ1) is 13.8. The van der Waals surface area contributed by atoms with Crippen LogP contribution in [0.3, 0.4) is 0 Å². The van der Waals surface area contributed by atoms with Gasteiger partial charge in [-0.1, -0.05) is 23.7 Å². The minimum atomic E-state index is -3.15. The molecule has 0 bridgehead atoms. The highest BCUT2D eigenvalue weighted by molar-refractivity contribution is 7.90. The molecule has 3 heterocycles. The molecule has 1 saturated heterocycles. The molecule has 31 heavy (non-hydrogen) atoms. The summed E-state index contributed by atoms with van der Waals surface area (Å²) in [6, 6.07) is 6.70. The average molecular weight is 509 g/mol. The lowest BCUT2D eigenvalue weighted by Gasteiger charge is -2.37. The Morgan fingerprint density at radius 1 is 1.06 bits per heavy atom. The number of rotatable bonds is 4. The number of aromatic nitrogens is 2. The molecule has 0 aliphatic carbocycles. The van der Waals surface area contributed by atoms with Crippen molar-refractivity contribution in [1.29, 1.82) is 0 Å². The lowest BCUT2D eigenvalue weighted by Crippen LogP contribution is -2.54. The van der Waals surface area contributed by atoms with E-state index in [1.807, 2.05) is 17.0 Å². The molecule has 1 aromatic heterocycles. The third-order valence-electron chi connectivity index (χ3n) is 5.31. The van der Waals surface area contributed by atoms with Gasteiger partial charge >= 0.3 is 0 Å². The van der Waals surface area contributed by atoms with Crippen molar-refractivity contribution in [1.82, 2.24) is 14.9 Å². The number of hydrogen-bond acceptors (Lipinski definition) is 7. The lowest BCUT2D eigenvalue weighted by molar-refractivity contribution is -0.132. The zero-order chi connectivity index (χ0) is 20.6. The van der Waals surface area contributed by atoms with Crippen molar-refractivity contribution in [2.75, 3.05) is 31.1 Å². The van der Waals surface area contributed by atoms with E-state index in [4.69, 9.17) is 17.3 Å². The van der Waals surface area contributed by atoms with Gasteiger partial charge in [-0.15, -0.1) is 24.8 Å². The van der Waals surface area contributed by atoms with Crippen molar-refractivity contribution in [3.63, 3.8) is 0 Å². The Bertz CT molecular complexity index is 1030. The number of nitrogens with two attached hydrogens (primary N) is 1. The van der Waals surface area contributed by atoms with Gasteiger partial charge in [-0.2, -0.15) is 0 Å². The number of anilines is 1. The third-order valence-corrected chi connectivity index (χ3v) is 7.00. The highest BCUT2D eigenvalue weighted by Gasteiger charge is 2.32. The van der Waals surface area contributed by atoms with Gasteiger partial charge < -0.3 is 15.5 Å². The fourth-order valence-corrected chi connectivity index (χ4v) is 5.43. The normalized spacial score (nSPS) is 17.9. The third kappa shape index (κ3) is 5.78. The first kappa shape index (κ1) is 25.6. The number of hydrogen-bond donors (Lipinski definition) is 1. The maximum atomic E-state index is 12.7. The van der Waals surface area contributed by atoms with Crippen molar-refractivity contribution < 1.29 is 13.2 Å². The van der Waals surface area contributed by atoms with Gasteiger partial charge in [-0.05, 0) is 24.1 Å². The van der Waals surface area contributed by atoms with Crippen molar-refractivity contribution in [2.24, 2.45) is 5.73 Å². The number of sulfone groups is 1. The SMILES string of the molecule is Cl.Cl.N[C@H](Cc1ccc(Cl)cc1)C(=O)N1CCN(c2ncnc3c2CS(=O)(=O)C3)CC1. The second kappa shape index (κ2) is 10.3. The zero-order valence-electron chi connectivity index (χ0n) is 16.6. The van der Waals surface area contributed by atoms with E-state index in [1.54, 1.807) is 17.0 Å². The second-order valence-electron chi connectivity index (χ2n) is 7.40. The molecule has 1 aromatic carbocycles. The van der Waals surface area contributed by atoms with Crippen molar-refractivity contribution in [2.45, 2.75) is 24.0 Å². The molecule has 0 saturated carbocycles. The van der Waals surface area contributed by atoms with Gasteiger partial charge in [0.1, 0.15) is 12.1 Å². The molecule has 170 valence electrons. The first-order valence-corrected chi connectivity index (χ1v) is 11.6. The van der Waals surface area contributed by atoms with Gasteiger partial charge in [0.05, 0.1) is 23.2 Å². The van der Waals surface area contributed by atoms with E-state index in [9.17, 15) is 13.2 Å². The Morgan fingerprint density at radius 3 is 2.35 bits per heavy atom. The Kier molecular flexibility index (Phi) is 8.52. The summed E-state index contributed by atoms with van der Waals surface area (Å²) in [6.45, 7) is 2.17. The van der Waals surface area contributed by atoms with Crippen LogP contribution < -0.4 is 10.6 Å². The maximum Gasteiger partial charge on any atom is 0.239 e. The molecule has 4 rings (SSSR count). The van der Waals surface area contributed by atoms with Crippen molar-refractivity contribution >= 4 is 58.0 Å². The molecule has 2 aromatic rings. The highest BCUT2D eigenvalue weighted by atomic mass is 35.5. The smallest absolute Gasteiger partial charge is 0.239 e. The molecule has 12 heteroatoms. The van der Waals surface area contributed by atoms with E-state index in [0.29, 0.717) is 54.7 Å². The summed E-state index contributed by atoms with van der Waals surface area (Å²) in [5, 5.41) is 0.647. The molecular formula is C19H24Cl3N5O3S. The summed E-state index contributed by atoms with van der Waals surface area (Å²) in [4.78, 5) is 25.0. The van der Waals surface area contributed by atoms with E-state index in [2.05, 4.69) is 9.97 Å². The average Bonchev–Trinajstić information content (AvgIpc) is 3.03. The van der Waals surface area contributed by atoms with Crippen LogP contribution in [0.4, 0.5) is 5.82 Å². The number of benzene rings is 1. The summed E-state index contributed by atoms with van der Waals surface area (Å²) >= 11 is 5.89. The molecule has 0 radical (unpaired) electrons. The van der Waals surface area contributed by atoms with Crippen LogP contribution in [0.1, 0.15) is 16.8 Å². The summed E-state index contributed by atoms with van der Waals surface area (Å²) in [5.41, 5.74) is 8.38. The van der Waals surface area contributed by atoms with Gasteiger partial charge in [-0.3, -0.25) is 4.79 Å². The van der Waals surface area contributed by atoms with Crippen LogP contribution in [0, 0.1) is 0 Å². The molecule has 0 spiro atoms. The van der Waals surface area contributed by atoms with Gasteiger partial charge in [-0.25, -0.2) is 18.4 Å². The predicted molar refractivity (Wildman–Crippen MR) is 125 cm³/mol. The molecular weight excluding hydrogens is 485 g/mol. The van der Waals surface area contributed by atoms with E-state index in [-0.39, 0.29) is 42.2 Å². The largest absolute Gasteiger partial charge is 0.353 e. The molecule has 1 fully saturated rings. The molecule has 2 aliphatic rings. The fraction of sp³-hybridized carbons (Fsp3) is 0.421. The first-order valence-electron chi connectivity index (χ1n) is 9.39. The van der Waals surface area contributed by atoms with Crippen LogP contribution in [0.25, 0.3) is 0 Å². The summed E-state index contributed by atoms with van der Waals surface area (Å²) < 4.78 is 23.9. The molecule has 1 amide bonds. The number of amides is 1. The van der Waals surface area contributed by atoms with Gasteiger partial charge in [0, 0.05) is 36.8 Å². The standard InChI is InChI=1S/C19H22ClN5O3S.2ClH/c20-14-3-1-13(2-4-14)9-16(21)19(26)25-7-5-24(6-8-25)18-15-10-29(27,28)11-17(15)22-12-23-18;;/h1-4,12,16H,5-11,21H2;2*1H/t16-;;/m1../s1. The minimum Gasteiger partial charge on any atom is -0.353 e. The van der Waals surface area contributed by atoms with Gasteiger partial charge in [0.25, 0.3) is 0 Å². The van der Waals surface area contributed by atoms with Crippen LogP contribution >= 0.6 is 36.4 Å². The number of piperazine rings is 1. The number of nitrogens with zero attached hydrogens (tertiary/aromatic N) is 4. The van der Waals surface area contributed by atoms with Gasteiger partial charge in [0.2, 0.25) is 5.91 Å². The summed E-state index contributed by atoms with van der Waals surface area (Å²) in [6.07, 6.45) is 1.86. The molecule has 1 atom stereocenters. The Labute approximate surface area is 198 Å². The monoisotopic (exact) mass is 507 g/mol. The van der Waals surface area contributed by atoms with E-state index in [1.165, 1.54) is 6.33 Å². The van der Waals surface area contributed by atoms with E-state index >= 15 is 0 Å². The van der Waals surface area contributed by atoms with E-state index in [0.717, 1.165) is 5.56 Å². The van der Waals surface area contributed by atoms with E-state index < -0.39 is 15.9 Å². The van der Waals surface area contributed by atoms with Crippen molar-refractivity contribution in [3.8, 4) is 0 Å². The highest BCUT2D eigenvalue weighted by Crippen LogP contribution is 2.30. The van der Waals surface area contributed by atoms with Crippen LogP contribution in [0.5, 0.6) is 0 Å². The van der Waals surface area contributed by atoms with Crippen LogP contribution in [-0.4, -0.2) is 61.4 Å². The Morgan fingerprint density at radius 2 is 1.71 bits per heavy atom. The fourth-order valence-electron chi connectivity index (χ4n) is 3.80. The molecule has 8 nitrogen and oxygen atoms in total. The predicted octanol–water partition coefficient (Wildman–Crippen LogP) is 1.62. The van der Waals surface area contributed by atoms with Crippen molar-refractivity contribution in [3.05, 3.63) is 52.4 Å². The van der Waals surface area contributed by atoms with Crippen LogP contribution in [-0.2, 0) is 32.6 Å². The lowest BCUT2D eigenvalue weighted by atomic mass is 10.1.